The van der Waals surface area contributed by atoms with Crippen LogP contribution in [0.3, 0.4) is 0 Å². The molecule has 0 saturated carbocycles. The van der Waals surface area contributed by atoms with Crippen molar-refractivity contribution in [1.29, 1.82) is 0 Å². The highest BCUT2D eigenvalue weighted by molar-refractivity contribution is 14.0. The Morgan fingerprint density at radius 3 is 2.68 bits per heavy atom. The van der Waals surface area contributed by atoms with Crippen molar-refractivity contribution in [2.75, 3.05) is 39.2 Å². The number of amides is 1. The molecule has 0 aliphatic carbocycles. The molecular weight excluding hydrogens is 471 g/mol. The molecule has 2 N–H and O–H groups in total. The van der Waals surface area contributed by atoms with Crippen molar-refractivity contribution in [2.45, 2.75) is 45.6 Å². The molecule has 28 heavy (non-hydrogen) atoms. The fraction of sp³-hybridized carbons (Fsp3) is 0.600. The van der Waals surface area contributed by atoms with E-state index in [1.165, 1.54) is 0 Å². The van der Waals surface area contributed by atoms with Gasteiger partial charge in [0.05, 0.1) is 13.7 Å². The van der Waals surface area contributed by atoms with Crippen LogP contribution in [-0.2, 0) is 4.79 Å². The number of carbonyl (C=O) groups is 1. The molecule has 0 bridgehead atoms. The van der Waals surface area contributed by atoms with Crippen LogP contribution in [0.5, 0.6) is 11.5 Å². The number of hydrogen-bond donors (Lipinski definition) is 2. The predicted octanol–water partition coefficient (Wildman–Crippen LogP) is 3.49. The lowest BCUT2D eigenvalue weighted by atomic mass is 10.1. The second-order valence-corrected chi connectivity index (χ2v) is 6.46. The quantitative estimate of drug-likeness (QED) is 0.306. The lowest BCUT2D eigenvalue weighted by Gasteiger charge is -2.27. The van der Waals surface area contributed by atoms with Crippen LogP contribution in [0.4, 0.5) is 5.69 Å². The largest absolute Gasteiger partial charge is 0.493 e. The number of anilines is 1. The third-order valence-electron chi connectivity index (χ3n) is 4.74. The number of rotatable bonds is 9. The maximum Gasteiger partial charge on any atom is 0.222 e. The Balaban J connectivity index is 0.00000392. The number of benzene rings is 1. The van der Waals surface area contributed by atoms with Crippen LogP contribution in [0.2, 0.25) is 0 Å². The number of aliphatic imine (C=N–C) groups is 1. The molecule has 8 heteroatoms. The second-order valence-electron chi connectivity index (χ2n) is 6.46. The summed E-state index contributed by atoms with van der Waals surface area (Å²) in [5, 5.41) is 6.60. The van der Waals surface area contributed by atoms with E-state index in [1.54, 1.807) is 14.2 Å². The molecular formula is C20H33IN4O3. The molecule has 1 heterocycles. The van der Waals surface area contributed by atoms with Crippen molar-refractivity contribution in [2.24, 2.45) is 4.99 Å². The zero-order chi connectivity index (χ0) is 19.6. The smallest absolute Gasteiger partial charge is 0.222 e. The van der Waals surface area contributed by atoms with Gasteiger partial charge in [-0.25, -0.2) is 0 Å². The second kappa shape index (κ2) is 12.7. The normalized spacial score (nSPS) is 15.1. The van der Waals surface area contributed by atoms with E-state index in [2.05, 4.69) is 22.5 Å². The lowest BCUT2D eigenvalue weighted by molar-refractivity contribution is -0.129. The van der Waals surface area contributed by atoms with Gasteiger partial charge in [-0.1, -0.05) is 6.92 Å². The molecule has 1 amide bonds. The van der Waals surface area contributed by atoms with Gasteiger partial charge in [0.2, 0.25) is 5.91 Å². The molecule has 1 aliphatic rings. The summed E-state index contributed by atoms with van der Waals surface area (Å²) in [5.74, 6) is 2.36. The lowest BCUT2D eigenvalue weighted by Crippen LogP contribution is -2.39. The molecule has 0 spiro atoms. The van der Waals surface area contributed by atoms with Gasteiger partial charge in [-0.3, -0.25) is 9.79 Å². The Morgan fingerprint density at radius 1 is 1.32 bits per heavy atom. The minimum atomic E-state index is 0. The maximum atomic E-state index is 12.0. The van der Waals surface area contributed by atoms with Crippen molar-refractivity contribution >= 4 is 41.5 Å². The van der Waals surface area contributed by atoms with Crippen molar-refractivity contribution in [3.05, 3.63) is 18.2 Å². The summed E-state index contributed by atoms with van der Waals surface area (Å²) in [5.41, 5.74) is 0.870. The number of carbonyl (C=O) groups excluding carboxylic acids is 1. The van der Waals surface area contributed by atoms with Crippen molar-refractivity contribution < 1.29 is 14.3 Å². The summed E-state index contributed by atoms with van der Waals surface area (Å²) in [6, 6.07) is 5.97. The minimum absolute atomic E-state index is 0. The van der Waals surface area contributed by atoms with Crippen LogP contribution in [0, 0.1) is 0 Å². The first-order chi connectivity index (χ1) is 13.1. The van der Waals surface area contributed by atoms with Gasteiger partial charge in [0.1, 0.15) is 0 Å². The van der Waals surface area contributed by atoms with E-state index in [1.807, 2.05) is 30.0 Å². The third-order valence-corrected chi connectivity index (χ3v) is 4.74. The van der Waals surface area contributed by atoms with E-state index in [9.17, 15) is 4.79 Å². The molecule has 1 aromatic carbocycles. The van der Waals surface area contributed by atoms with Crippen LogP contribution in [0.25, 0.3) is 0 Å². The average Bonchev–Trinajstić information content (AvgIpc) is 3.10. The van der Waals surface area contributed by atoms with E-state index in [0.717, 1.165) is 38.0 Å². The molecule has 1 saturated heterocycles. The van der Waals surface area contributed by atoms with E-state index < -0.39 is 0 Å². The monoisotopic (exact) mass is 504 g/mol. The summed E-state index contributed by atoms with van der Waals surface area (Å²) in [4.78, 5) is 18.3. The molecule has 7 nitrogen and oxygen atoms in total. The molecule has 2 rings (SSSR count). The zero-order valence-corrected chi connectivity index (χ0v) is 19.6. The molecule has 0 radical (unpaired) electrons. The Bertz CT molecular complexity index is 654. The van der Waals surface area contributed by atoms with Crippen molar-refractivity contribution in [1.82, 2.24) is 10.2 Å². The fourth-order valence-electron chi connectivity index (χ4n) is 3.33. The zero-order valence-electron chi connectivity index (χ0n) is 17.3. The summed E-state index contributed by atoms with van der Waals surface area (Å²) in [6.07, 6.45) is 3.53. The molecule has 1 fully saturated rings. The van der Waals surface area contributed by atoms with Crippen LogP contribution in [0.15, 0.2) is 23.2 Å². The van der Waals surface area contributed by atoms with Gasteiger partial charge in [-0.15, -0.1) is 24.0 Å². The predicted molar refractivity (Wildman–Crippen MR) is 124 cm³/mol. The molecule has 1 aliphatic heterocycles. The molecule has 1 atom stereocenters. The van der Waals surface area contributed by atoms with Gasteiger partial charge in [0.25, 0.3) is 0 Å². The number of methoxy groups -OCH3 is 1. The van der Waals surface area contributed by atoms with Gasteiger partial charge < -0.3 is 25.0 Å². The van der Waals surface area contributed by atoms with Gasteiger partial charge in [-0.05, 0) is 38.3 Å². The maximum absolute atomic E-state index is 12.0. The Hall–Kier alpha value is -1.71. The van der Waals surface area contributed by atoms with Gasteiger partial charge in [0.15, 0.2) is 17.5 Å². The summed E-state index contributed by atoms with van der Waals surface area (Å²) in [7, 11) is 3.37. The minimum Gasteiger partial charge on any atom is -0.493 e. The number of halogens is 1. The summed E-state index contributed by atoms with van der Waals surface area (Å²) < 4.78 is 10.9. The van der Waals surface area contributed by atoms with Crippen LogP contribution in [0.1, 0.15) is 39.5 Å². The van der Waals surface area contributed by atoms with Gasteiger partial charge in [0, 0.05) is 44.4 Å². The number of guanidine groups is 1. The van der Waals surface area contributed by atoms with E-state index in [0.29, 0.717) is 30.5 Å². The average molecular weight is 504 g/mol. The number of likely N-dealkylation sites (tertiary alicyclic amines) is 1. The van der Waals surface area contributed by atoms with Crippen molar-refractivity contribution in [3.8, 4) is 11.5 Å². The highest BCUT2D eigenvalue weighted by Gasteiger charge is 2.26. The highest BCUT2D eigenvalue weighted by Crippen LogP contribution is 2.30. The van der Waals surface area contributed by atoms with Gasteiger partial charge >= 0.3 is 0 Å². The van der Waals surface area contributed by atoms with Crippen LogP contribution < -0.4 is 20.1 Å². The first kappa shape index (κ1) is 24.3. The summed E-state index contributed by atoms with van der Waals surface area (Å²) in [6.45, 7) is 6.28. The SMILES string of the molecule is CCOc1cc(NC(=NC)NCCC(CC)N2CCCC2=O)ccc1OC.I. The molecule has 1 unspecified atom stereocenters. The van der Waals surface area contributed by atoms with E-state index in [-0.39, 0.29) is 35.9 Å². The summed E-state index contributed by atoms with van der Waals surface area (Å²) >= 11 is 0. The van der Waals surface area contributed by atoms with Crippen LogP contribution in [-0.4, -0.2) is 56.7 Å². The Kier molecular flexibility index (Phi) is 11.0. The van der Waals surface area contributed by atoms with Crippen LogP contribution >= 0.6 is 24.0 Å². The number of hydrogen-bond acceptors (Lipinski definition) is 4. The topological polar surface area (TPSA) is 75.2 Å². The van der Waals surface area contributed by atoms with Crippen molar-refractivity contribution in [3.63, 3.8) is 0 Å². The number of nitrogens with one attached hydrogen (secondary N) is 2. The molecule has 0 aromatic heterocycles. The fourth-order valence-corrected chi connectivity index (χ4v) is 3.33. The molecule has 1 aromatic rings. The third kappa shape index (κ3) is 6.72. The van der Waals surface area contributed by atoms with Gasteiger partial charge in [-0.2, -0.15) is 0 Å². The van der Waals surface area contributed by atoms with E-state index >= 15 is 0 Å². The first-order valence-corrected chi connectivity index (χ1v) is 9.70. The number of nitrogens with zero attached hydrogens (tertiary/aromatic N) is 2. The Morgan fingerprint density at radius 2 is 2.11 bits per heavy atom. The van der Waals surface area contributed by atoms with E-state index in [4.69, 9.17) is 9.47 Å². The standard InChI is InChI=1S/C20H32N4O3.HI/c1-5-16(24-13-7-8-19(24)25)11-12-22-20(21-3)23-15-9-10-17(26-4)18(14-15)27-6-2;/h9-10,14,16H,5-8,11-13H2,1-4H3,(H2,21,22,23);1H. The highest BCUT2D eigenvalue weighted by atomic mass is 127. The number of ether oxygens (including phenoxy) is 2. The first-order valence-electron chi connectivity index (χ1n) is 9.70. The molecule has 158 valence electrons. The Labute approximate surface area is 185 Å².